The van der Waals surface area contributed by atoms with Crippen LogP contribution in [0.4, 0.5) is 0 Å². The first-order chi connectivity index (χ1) is 10.6. The van der Waals surface area contributed by atoms with Crippen molar-refractivity contribution in [1.82, 2.24) is 25.3 Å². The number of nitrogens with one attached hydrogen (secondary N) is 2. The van der Waals surface area contributed by atoms with Crippen molar-refractivity contribution in [3.05, 3.63) is 48.0 Å². The standard InChI is InChI=1S/C14H13N7O.ClH/c1-8-12(13(22)18-14(15)16)20-21(19-8)11-4-2-3-9-7-17-6-5-10(9)11;/h2-7H,1H3,(H4,15,16,18,22);1H. The van der Waals surface area contributed by atoms with Gasteiger partial charge in [-0.15, -0.1) is 22.3 Å². The summed E-state index contributed by atoms with van der Waals surface area (Å²) >= 11 is 0. The normalized spacial score (nSPS) is 10.1. The Hall–Kier alpha value is -3.00. The molecule has 0 radical (unpaired) electrons. The number of nitrogens with two attached hydrogens (primary N) is 1. The quantitative estimate of drug-likeness (QED) is 0.480. The van der Waals surface area contributed by atoms with Crippen LogP contribution in [0.2, 0.25) is 0 Å². The zero-order valence-corrected chi connectivity index (χ0v) is 13.0. The second-order valence-corrected chi connectivity index (χ2v) is 4.67. The summed E-state index contributed by atoms with van der Waals surface area (Å²) in [5.74, 6) is -0.992. The predicted octanol–water partition coefficient (Wildman–Crippen LogP) is 1.17. The predicted molar refractivity (Wildman–Crippen MR) is 88.0 cm³/mol. The van der Waals surface area contributed by atoms with Crippen LogP contribution < -0.4 is 11.1 Å². The van der Waals surface area contributed by atoms with Crippen LogP contribution in [0.15, 0.2) is 36.7 Å². The molecule has 4 N–H and O–H groups in total. The van der Waals surface area contributed by atoms with Crippen LogP contribution in [0.1, 0.15) is 16.2 Å². The summed E-state index contributed by atoms with van der Waals surface area (Å²) in [6.07, 6.45) is 3.43. The van der Waals surface area contributed by atoms with Crippen molar-refractivity contribution in [2.24, 2.45) is 5.73 Å². The molecule has 23 heavy (non-hydrogen) atoms. The lowest BCUT2D eigenvalue weighted by Crippen LogP contribution is -2.36. The number of guanidine groups is 1. The minimum atomic E-state index is -0.557. The highest BCUT2D eigenvalue weighted by Gasteiger charge is 2.17. The van der Waals surface area contributed by atoms with Gasteiger partial charge in [0, 0.05) is 23.2 Å². The number of fused-ring (bicyclic) bond motifs is 1. The van der Waals surface area contributed by atoms with Gasteiger partial charge in [0.25, 0.3) is 5.91 Å². The van der Waals surface area contributed by atoms with E-state index in [9.17, 15) is 4.79 Å². The second-order valence-electron chi connectivity index (χ2n) is 4.67. The maximum absolute atomic E-state index is 11.9. The Labute approximate surface area is 137 Å². The van der Waals surface area contributed by atoms with E-state index in [2.05, 4.69) is 20.5 Å². The minimum Gasteiger partial charge on any atom is -0.370 e. The highest BCUT2D eigenvalue weighted by molar-refractivity contribution is 6.03. The van der Waals surface area contributed by atoms with E-state index in [0.29, 0.717) is 5.69 Å². The third kappa shape index (κ3) is 3.11. The van der Waals surface area contributed by atoms with E-state index in [0.717, 1.165) is 16.5 Å². The van der Waals surface area contributed by atoms with Crippen molar-refractivity contribution in [1.29, 1.82) is 5.41 Å². The average Bonchev–Trinajstić information content (AvgIpc) is 2.88. The number of rotatable bonds is 2. The first kappa shape index (κ1) is 16.4. The molecule has 0 aliphatic heterocycles. The van der Waals surface area contributed by atoms with Crippen LogP contribution in [0.5, 0.6) is 0 Å². The Balaban J connectivity index is 0.00000192. The van der Waals surface area contributed by atoms with Gasteiger partial charge in [0.15, 0.2) is 11.7 Å². The van der Waals surface area contributed by atoms with E-state index >= 15 is 0 Å². The highest BCUT2D eigenvalue weighted by Crippen LogP contribution is 2.20. The third-order valence-electron chi connectivity index (χ3n) is 3.12. The van der Waals surface area contributed by atoms with E-state index in [-0.39, 0.29) is 18.1 Å². The number of aryl methyl sites for hydroxylation is 1. The molecule has 1 amide bonds. The van der Waals surface area contributed by atoms with Crippen molar-refractivity contribution in [2.75, 3.05) is 0 Å². The number of carbonyl (C=O) groups is 1. The van der Waals surface area contributed by atoms with Crippen molar-refractivity contribution in [3.8, 4) is 5.69 Å². The minimum absolute atomic E-state index is 0. The molecule has 9 heteroatoms. The number of benzene rings is 1. The lowest BCUT2D eigenvalue weighted by molar-refractivity contribution is 0.0970. The Morgan fingerprint density at radius 3 is 2.83 bits per heavy atom. The number of amides is 1. The van der Waals surface area contributed by atoms with E-state index in [4.69, 9.17) is 11.1 Å². The Kier molecular flexibility index (Phi) is 4.56. The Bertz CT molecular complexity index is 884. The molecule has 0 saturated heterocycles. The molecular weight excluding hydrogens is 318 g/mol. The number of hydrogen-bond donors (Lipinski definition) is 3. The molecule has 0 fully saturated rings. The molecule has 0 unspecified atom stereocenters. The number of nitrogens with zero attached hydrogens (tertiary/aromatic N) is 4. The molecule has 0 aliphatic carbocycles. The van der Waals surface area contributed by atoms with E-state index in [1.807, 2.05) is 24.3 Å². The largest absolute Gasteiger partial charge is 0.370 e. The molecule has 3 rings (SSSR count). The molecule has 118 valence electrons. The zero-order valence-electron chi connectivity index (χ0n) is 12.1. The highest BCUT2D eigenvalue weighted by atomic mass is 35.5. The smallest absolute Gasteiger partial charge is 0.280 e. The van der Waals surface area contributed by atoms with Gasteiger partial charge in [0.05, 0.1) is 11.4 Å². The van der Waals surface area contributed by atoms with Gasteiger partial charge < -0.3 is 5.73 Å². The lowest BCUT2D eigenvalue weighted by Gasteiger charge is -2.04. The molecule has 0 atom stereocenters. The van der Waals surface area contributed by atoms with Crippen molar-refractivity contribution >= 4 is 35.0 Å². The van der Waals surface area contributed by atoms with Crippen LogP contribution in [-0.4, -0.2) is 31.8 Å². The van der Waals surface area contributed by atoms with Gasteiger partial charge in [0.2, 0.25) is 0 Å². The number of carbonyl (C=O) groups excluding carboxylic acids is 1. The van der Waals surface area contributed by atoms with E-state index in [1.54, 1.807) is 19.3 Å². The fourth-order valence-electron chi connectivity index (χ4n) is 2.16. The van der Waals surface area contributed by atoms with Gasteiger partial charge in [-0.25, -0.2) is 0 Å². The average molecular weight is 332 g/mol. The van der Waals surface area contributed by atoms with Gasteiger partial charge in [-0.3, -0.25) is 20.5 Å². The van der Waals surface area contributed by atoms with Crippen molar-refractivity contribution in [3.63, 3.8) is 0 Å². The summed E-state index contributed by atoms with van der Waals surface area (Å²) < 4.78 is 0. The van der Waals surface area contributed by atoms with Crippen LogP contribution >= 0.6 is 12.4 Å². The first-order valence-electron chi connectivity index (χ1n) is 6.48. The lowest BCUT2D eigenvalue weighted by atomic mass is 10.1. The number of hydrogen-bond acceptors (Lipinski definition) is 5. The summed E-state index contributed by atoms with van der Waals surface area (Å²) in [7, 11) is 0. The van der Waals surface area contributed by atoms with Gasteiger partial charge in [-0.2, -0.15) is 5.10 Å². The first-order valence-corrected chi connectivity index (χ1v) is 6.48. The molecule has 0 saturated carbocycles. The van der Waals surface area contributed by atoms with Crippen LogP contribution in [-0.2, 0) is 0 Å². The molecule has 8 nitrogen and oxygen atoms in total. The maximum Gasteiger partial charge on any atom is 0.280 e. The Morgan fingerprint density at radius 1 is 1.30 bits per heavy atom. The van der Waals surface area contributed by atoms with Crippen molar-refractivity contribution in [2.45, 2.75) is 6.92 Å². The third-order valence-corrected chi connectivity index (χ3v) is 3.12. The summed E-state index contributed by atoms with van der Waals surface area (Å²) in [4.78, 5) is 17.4. The topological polar surface area (TPSA) is 123 Å². The molecule has 3 aromatic rings. The summed E-state index contributed by atoms with van der Waals surface area (Å²) in [6, 6.07) is 7.52. The SMILES string of the molecule is Cc1nn(-c2cccc3cnccc23)nc1C(=O)NC(=N)N.Cl. The number of halogens is 1. The number of aromatic nitrogens is 4. The molecule has 1 aromatic carbocycles. The van der Waals surface area contributed by atoms with E-state index < -0.39 is 11.9 Å². The molecule has 0 bridgehead atoms. The number of pyridine rings is 1. The molecule has 2 heterocycles. The van der Waals surface area contributed by atoms with E-state index in [1.165, 1.54) is 4.80 Å². The maximum atomic E-state index is 11.9. The fourth-order valence-corrected chi connectivity index (χ4v) is 2.16. The monoisotopic (exact) mass is 331 g/mol. The van der Waals surface area contributed by atoms with Gasteiger partial charge in [-0.1, -0.05) is 12.1 Å². The van der Waals surface area contributed by atoms with Gasteiger partial charge in [0.1, 0.15) is 0 Å². The second kappa shape index (κ2) is 6.41. The molecule has 2 aromatic heterocycles. The summed E-state index contributed by atoms with van der Waals surface area (Å²) in [5.41, 5.74) is 6.48. The summed E-state index contributed by atoms with van der Waals surface area (Å²) in [6.45, 7) is 1.67. The van der Waals surface area contributed by atoms with Crippen LogP contribution in [0, 0.1) is 12.3 Å². The van der Waals surface area contributed by atoms with Gasteiger partial charge in [-0.05, 0) is 19.1 Å². The van der Waals surface area contributed by atoms with Crippen LogP contribution in [0.3, 0.4) is 0 Å². The fraction of sp³-hybridized carbons (Fsp3) is 0.0714. The van der Waals surface area contributed by atoms with Crippen LogP contribution in [0.25, 0.3) is 16.5 Å². The molecule has 0 spiro atoms. The zero-order chi connectivity index (χ0) is 15.7. The van der Waals surface area contributed by atoms with Crippen molar-refractivity contribution < 1.29 is 4.79 Å². The molecule has 0 aliphatic rings. The summed E-state index contributed by atoms with van der Waals surface area (Å²) in [5, 5.41) is 19.7. The Morgan fingerprint density at radius 2 is 2.09 bits per heavy atom. The molecular formula is C14H14ClN7O. The van der Waals surface area contributed by atoms with Gasteiger partial charge >= 0.3 is 0 Å².